The molecule has 0 unspecified atom stereocenters. The van der Waals surface area contributed by atoms with Gasteiger partial charge in [-0.2, -0.15) is 0 Å². The van der Waals surface area contributed by atoms with E-state index in [1.807, 2.05) is 31.2 Å². The summed E-state index contributed by atoms with van der Waals surface area (Å²) in [6.45, 7) is 3.93. The zero-order valence-electron chi connectivity index (χ0n) is 14.0. The summed E-state index contributed by atoms with van der Waals surface area (Å²) in [6.07, 6.45) is 1.02. The van der Waals surface area contributed by atoms with Gasteiger partial charge in [0.1, 0.15) is 10.6 Å². The van der Waals surface area contributed by atoms with E-state index in [1.54, 1.807) is 20.1 Å². The minimum atomic E-state index is -0.348. The number of rotatable bonds is 7. The van der Waals surface area contributed by atoms with Crippen molar-refractivity contribution in [3.63, 3.8) is 0 Å². The Bertz CT molecular complexity index is 706. The number of anilines is 1. The molecule has 0 atom stereocenters. The second-order valence-electron chi connectivity index (χ2n) is 5.24. The third kappa shape index (κ3) is 4.83. The smallest absolute Gasteiger partial charge is 0.348 e. The van der Waals surface area contributed by atoms with Crippen molar-refractivity contribution < 1.29 is 19.1 Å². The summed E-state index contributed by atoms with van der Waals surface area (Å²) in [5.74, 6) is 0.366. The van der Waals surface area contributed by atoms with E-state index in [0.717, 1.165) is 16.9 Å². The highest BCUT2D eigenvalue weighted by Gasteiger charge is 2.15. The van der Waals surface area contributed by atoms with Gasteiger partial charge >= 0.3 is 5.97 Å². The first-order valence-corrected chi connectivity index (χ1v) is 8.55. The van der Waals surface area contributed by atoms with Gasteiger partial charge in [0.05, 0.1) is 18.7 Å². The number of hydrogen-bond acceptors (Lipinski definition) is 5. The lowest BCUT2D eigenvalue weighted by Crippen LogP contribution is -2.11. The van der Waals surface area contributed by atoms with Crippen molar-refractivity contribution in [1.29, 1.82) is 0 Å². The van der Waals surface area contributed by atoms with E-state index < -0.39 is 0 Å². The van der Waals surface area contributed by atoms with Crippen molar-refractivity contribution >= 4 is 28.2 Å². The summed E-state index contributed by atoms with van der Waals surface area (Å²) in [6, 6.07) is 9.44. The summed E-state index contributed by atoms with van der Waals surface area (Å²) >= 11 is 1.24. The molecule has 2 aromatic rings. The first-order chi connectivity index (χ1) is 11.5. The van der Waals surface area contributed by atoms with Gasteiger partial charge in [0.15, 0.2) is 0 Å². The average molecular weight is 347 g/mol. The molecule has 0 saturated carbocycles. The molecule has 1 aromatic carbocycles. The molecule has 0 saturated heterocycles. The molecule has 24 heavy (non-hydrogen) atoms. The number of aryl methyl sites for hydroxylation is 2. The minimum absolute atomic E-state index is 0.0810. The number of carbonyl (C=O) groups is 2. The minimum Gasteiger partial charge on any atom is -0.497 e. The maximum absolute atomic E-state index is 12.1. The fourth-order valence-electron chi connectivity index (χ4n) is 2.19. The molecular weight excluding hydrogens is 326 g/mol. The van der Waals surface area contributed by atoms with Gasteiger partial charge in [-0.3, -0.25) is 4.79 Å². The molecule has 0 aliphatic carbocycles. The summed E-state index contributed by atoms with van der Waals surface area (Å²) in [7, 11) is 1.62. The topological polar surface area (TPSA) is 64.6 Å². The van der Waals surface area contributed by atoms with E-state index in [4.69, 9.17) is 9.47 Å². The number of nitrogens with one attached hydrogen (secondary N) is 1. The molecule has 0 fully saturated rings. The predicted octanol–water partition coefficient (Wildman–Crippen LogP) is 3.81. The van der Waals surface area contributed by atoms with Crippen LogP contribution in [-0.2, 0) is 16.0 Å². The highest BCUT2D eigenvalue weighted by atomic mass is 32.1. The lowest BCUT2D eigenvalue weighted by molar-refractivity contribution is -0.116. The van der Waals surface area contributed by atoms with Crippen LogP contribution >= 0.6 is 11.3 Å². The van der Waals surface area contributed by atoms with E-state index in [0.29, 0.717) is 29.3 Å². The van der Waals surface area contributed by atoms with Gasteiger partial charge in [0.2, 0.25) is 5.91 Å². The SMILES string of the molecule is CCOC(=O)c1sc(NC(=O)CCc2ccc(OC)cc2)cc1C. The summed E-state index contributed by atoms with van der Waals surface area (Å²) in [5, 5.41) is 3.50. The fraction of sp³-hybridized carbons (Fsp3) is 0.333. The Hall–Kier alpha value is -2.34. The quantitative estimate of drug-likeness (QED) is 0.774. The van der Waals surface area contributed by atoms with Crippen LogP contribution in [0.15, 0.2) is 30.3 Å². The molecule has 128 valence electrons. The van der Waals surface area contributed by atoms with Crippen molar-refractivity contribution in [1.82, 2.24) is 0 Å². The highest BCUT2D eigenvalue weighted by Crippen LogP contribution is 2.27. The van der Waals surface area contributed by atoms with E-state index in [-0.39, 0.29) is 11.9 Å². The number of ether oxygens (including phenoxy) is 2. The number of benzene rings is 1. The normalized spacial score (nSPS) is 10.3. The lowest BCUT2D eigenvalue weighted by atomic mass is 10.1. The van der Waals surface area contributed by atoms with Gasteiger partial charge in [0, 0.05) is 6.42 Å². The molecule has 1 heterocycles. The number of amides is 1. The molecule has 2 rings (SSSR count). The Morgan fingerprint density at radius 3 is 2.54 bits per heavy atom. The van der Waals surface area contributed by atoms with E-state index in [1.165, 1.54) is 11.3 Å². The lowest BCUT2D eigenvalue weighted by Gasteiger charge is -2.04. The number of thiophene rings is 1. The zero-order chi connectivity index (χ0) is 17.5. The van der Waals surface area contributed by atoms with Gasteiger partial charge < -0.3 is 14.8 Å². The van der Waals surface area contributed by atoms with Crippen molar-refractivity contribution in [2.45, 2.75) is 26.7 Å². The number of hydrogen-bond donors (Lipinski definition) is 1. The van der Waals surface area contributed by atoms with Gasteiger partial charge in [-0.05, 0) is 49.6 Å². The Balaban J connectivity index is 1.90. The summed E-state index contributed by atoms with van der Waals surface area (Å²) in [5.41, 5.74) is 1.88. The predicted molar refractivity (Wildman–Crippen MR) is 95.0 cm³/mol. The maximum Gasteiger partial charge on any atom is 0.348 e. The first-order valence-electron chi connectivity index (χ1n) is 7.73. The van der Waals surface area contributed by atoms with Gasteiger partial charge in [-0.15, -0.1) is 11.3 Å². The molecule has 1 aromatic heterocycles. The van der Waals surface area contributed by atoms with Gasteiger partial charge in [-0.1, -0.05) is 12.1 Å². The average Bonchev–Trinajstić information content (AvgIpc) is 2.94. The van der Waals surface area contributed by atoms with Crippen molar-refractivity contribution in [3.05, 3.63) is 46.3 Å². The van der Waals surface area contributed by atoms with Crippen LogP contribution in [0.4, 0.5) is 5.00 Å². The molecule has 0 radical (unpaired) electrons. The van der Waals surface area contributed by atoms with Crippen molar-refractivity contribution in [2.75, 3.05) is 19.0 Å². The van der Waals surface area contributed by atoms with Crippen LogP contribution in [0.25, 0.3) is 0 Å². The molecule has 1 amide bonds. The number of methoxy groups -OCH3 is 1. The first kappa shape index (κ1) is 18.0. The number of carbonyl (C=O) groups excluding carboxylic acids is 2. The molecular formula is C18H21NO4S. The van der Waals surface area contributed by atoms with Crippen LogP contribution in [0.5, 0.6) is 5.75 Å². The summed E-state index contributed by atoms with van der Waals surface area (Å²) in [4.78, 5) is 24.4. The fourth-order valence-corrected chi connectivity index (χ4v) is 3.18. The van der Waals surface area contributed by atoms with E-state index >= 15 is 0 Å². The Morgan fingerprint density at radius 2 is 1.92 bits per heavy atom. The summed E-state index contributed by atoms with van der Waals surface area (Å²) < 4.78 is 10.1. The van der Waals surface area contributed by atoms with Crippen molar-refractivity contribution in [3.8, 4) is 5.75 Å². The Morgan fingerprint density at radius 1 is 1.21 bits per heavy atom. The van der Waals surface area contributed by atoms with E-state index in [9.17, 15) is 9.59 Å². The monoisotopic (exact) mass is 347 g/mol. The Labute approximate surface area is 145 Å². The van der Waals surface area contributed by atoms with Crippen LogP contribution in [0, 0.1) is 6.92 Å². The number of esters is 1. The van der Waals surface area contributed by atoms with Crippen LogP contribution in [0.2, 0.25) is 0 Å². The molecule has 0 spiro atoms. The molecule has 1 N–H and O–H groups in total. The third-order valence-electron chi connectivity index (χ3n) is 3.44. The molecule has 5 nitrogen and oxygen atoms in total. The zero-order valence-corrected chi connectivity index (χ0v) is 14.9. The maximum atomic E-state index is 12.1. The van der Waals surface area contributed by atoms with E-state index in [2.05, 4.69) is 5.32 Å². The second kappa shape index (κ2) is 8.49. The van der Waals surface area contributed by atoms with Gasteiger partial charge in [-0.25, -0.2) is 4.79 Å². The Kier molecular flexibility index (Phi) is 6.37. The third-order valence-corrected chi connectivity index (χ3v) is 4.57. The second-order valence-corrected chi connectivity index (χ2v) is 6.29. The molecule has 0 aliphatic heterocycles. The van der Waals surface area contributed by atoms with Gasteiger partial charge in [0.25, 0.3) is 0 Å². The molecule has 0 aliphatic rings. The standard InChI is InChI=1S/C18H21NO4S/c1-4-23-18(21)17-12(2)11-16(24-17)19-15(20)10-7-13-5-8-14(22-3)9-6-13/h5-6,8-9,11H,4,7,10H2,1-3H3,(H,19,20). The van der Waals surface area contributed by atoms with Crippen LogP contribution < -0.4 is 10.1 Å². The molecule has 6 heteroatoms. The van der Waals surface area contributed by atoms with Crippen LogP contribution in [-0.4, -0.2) is 25.6 Å². The highest BCUT2D eigenvalue weighted by molar-refractivity contribution is 7.18. The molecule has 0 bridgehead atoms. The van der Waals surface area contributed by atoms with Crippen LogP contribution in [0.3, 0.4) is 0 Å². The van der Waals surface area contributed by atoms with Crippen LogP contribution in [0.1, 0.15) is 34.1 Å². The largest absolute Gasteiger partial charge is 0.497 e. The van der Waals surface area contributed by atoms with Crippen molar-refractivity contribution in [2.24, 2.45) is 0 Å².